The molecule has 19 heavy (non-hydrogen) atoms. The van der Waals surface area contributed by atoms with E-state index in [0.29, 0.717) is 11.6 Å². The molecule has 0 fully saturated rings. The van der Waals surface area contributed by atoms with E-state index >= 15 is 0 Å². The second-order valence-corrected chi connectivity index (χ2v) is 5.79. The van der Waals surface area contributed by atoms with Crippen LogP contribution in [0, 0.1) is 9.39 Å². The average molecular weight is 393 g/mol. The van der Waals surface area contributed by atoms with Crippen molar-refractivity contribution in [2.24, 2.45) is 0 Å². The van der Waals surface area contributed by atoms with Gasteiger partial charge in [-0.25, -0.2) is 4.39 Å². The molecular weight excluding hydrogens is 378 g/mol. The molecule has 2 nitrogen and oxygen atoms in total. The van der Waals surface area contributed by atoms with Gasteiger partial charge >= 0.3 is 0 Å². The zero-order valence-corrected chi connectivity index (χ0v) is 13.8. The van der Waals surface area contributed by atoms with Gasteiger partial charge in [0.2, 0.25) is 0 Å². The summed E-state index contributed by atoms with van der Waals surface area (Å²) in [6, 6.07) is 4.50. The molecule has 1 heterocycles. The third-order valence-corrected chi connectivity index (χ3v) is 4.66. The molecule has 2 rings (SSSR count). The third kappa shape index (κ3) is 3.11. The molecule has 0 spiro atoms. The summed E-state index contributed by atoms with van der Waals surface area (Å²) in [4.78, 5) is 0. The number of hydrogen-bond donors (Lipinski definition) is 0. The molecule has 102 valence electrons. The van der Waals surface area contributed by atoms with Crippen molar-refractivity contribution in [3.05, 3.63) is 49.6 Å². The largest absolute Gasteiger partial charge is 0.264 e. The zero-order chi connectivity index (χ0) is 14.0. The van der Waals surface area contributed by atoms with Crippen molar-refractivity contribution in [2.45, 2.75) is 33.2 Å². The summed E-state index contributed by atoms with van der Waals surface area (Å²) < 4.78 is 16.2. The number of aromatic nitrogens is 2. The van der Waals surface area contributed by atoms with E-state index < -0.39 is 0 Å². The van der Waals surface area contributed by atoms with Crippen molar-refractivity contribution in [2.75, 3.05) is 0 Å². The SMILES string of the molecule is CCc1nn(Cc2ccc(F)cc2Cl)c(CC)c1I. The Labute approximate surface area is 131 Å². The Morgan fingerprint density at radius 3 is 2.63 bits per heavy atom. The van der Waals surface area contributed by atoms with Crippen molar-refractivity contribution in [3.8, 4) is 0 Å². The minimum absolute atomic E-state index is 0.311. The van der Waals surface area contributed by atoms with E-state index in [0.717, 1.165) is 24.1 Å². The standard InChI is InChI=1S/C14H15ClFIN2/c1-3-12-14(17)13(4-2)19(18-12)8-9-5-6-10(16)7-11(9)15/h5-7H,3-4,8H2,1-2H3. The van der Waals surface area contributed by atoms with Gasteiger partial charge in [-0.3, -0.25) is 4.68 Å². The lowest BCUT2D eigenvalue weighted by molar-refractivity contribution is 0.619. The van der Waals surface area contributed by atoms with Gasteiger partial charge in [0, 0.05) is 5.02 Å². The van der Waals surface area contributed by atoms with E-state index in [-0.39, 0.29) is 5.82 Å². The van der Waals surface area contributed by atoms with Gasteiger partial charge in [0.25, 0.3) is 0 Å². The van der Waals surface area contributed by atoms with E-state index in [4.69, 9.17) is 11.6 Å². The Balaban J connectivity index is 2.37. The van der Waals surface area contributed by atoms with Crippen LogP contribution in [0.2, 0.25) is 5.02 Å². The second kappa shape index (κ2) is 6.22. The van der Waals surface area contributed by atoms with Gasteiger partial charge in [-0.2, -0.15) is 5.10 Å². The first-order valence-electron chi connectivity index (χ1n) is 6.24. The van der Waals surface area contributed by atoms with Gasteiger partial charge in [-0.05, 0) is 53.1 Å². The van der Waals surface area contributed by atoms with Crippen LogP contribution in [0.3, 0.4) is 0 Å². The van der Waals surface area contributed by atoms with E-state index in [1.807, 2.05) is 4.68 Å². The van der Waals surface area contributed by atoms with Gasteiger partial charge in [-0.15, -0.1) is 0 Å². The van der Waals surface area contributed by atoms with Crippen molar-refractivity contribution in [1.29, 1.82) is 0 Å². The summed E-state index contributed by atoms with van der Waals surface area (Å²) >= 11 is 8.41. The molecule has 1 aromatic heterocycles. The van der Waals surface area contributed by atoms with Crippen LogP contribution in [-0.4, -0.2) is 9.78 Å². The highest BCUT2D eigenvalue weighted by Crippen LogP contribution is 2.22. The normalized spacial score (nSPS) is 11.0. The Morgan fingerprint density at radius 2 is 2.05 bits per heavy atom. The maximum absolute atomic E-state index is 13.0. The quantitative estimate of drug-likeness (QED) is 0.703. The number of benzene rings is 1. The van der Waals surface area contributed by atoms with Crippen molar-refractivity contribution >= 4 is 34.2 Å². The summed E-state index contributed by atoms with van der Waals surface area (Å²) in [5.74, 6) is -0.311. The average Bonchev–Trinajstić information content (AvgIpc) is 2.68. The summed E-state index contributed by atoms with van der Waals surface area (Å²) in [5.41, 5.74) is 3.20. The number of aryl methyl sites for hydroxylation is 1. The topological polar surface area (TPSA) is 17.8 Å². The Bertz CT molecular complexity index is 595. The molecule has 0 unspecified atom stereocenters. The number of hydrogen-bond acceptors (Lipinski definition) is 1. The first kappa shape index (κ1) is 14.8. The van der Waals surface area contributed by atoms with Gasteiger partial charge in [0.05, 0.1) is 21.5 Å². The first-order valence-corrected chi connectivity index (χ1v) is 7.70. The fourth-order valence-corrected chi connectivity index (χ4v) is 3.41. The third-order valence-electron chi connectivity index (χ3n) is 3.06. The van der Waals surface area contributed by atoms with Crippen LogP contribution < -0.4 is 0 Å². The number of rotatable bonds is 4. The minimum Gasteiger partial charge on any atom is -0.264 e. The van der Waals surface area contributed by atoms with E-state index in [2.05, 4.69) is 41.5 Å². The van der Waals surface area contributed by atoms with Gasteiger partial charge in [-0.1, -0.05) is 31.5 Å². The van der Waals surface area contributed by atoms with Crippen LogP contribution >= 0.6 is 34.2 Å². The molecule has 1 aromatic carbocycles. The second-order valence-electron chi connectivity index (χ2n) is 4.31. The van der Waals surface area contributed by atoms with Crippen molar-refractivity contribution in [3.63, 3.8) is 0 Å². The number of halogens is 3. The maximum Gasteiger partial charge on any atom is 0.124 e. The van der Waals surface area contributed by atoms with Crippen LogP contribution in [0.1, 0.15) is 30.8 Å². The molecule has 0 aliphatic heterocycles. The Morgan fingerprint density at radius 1 is 1.32 bits per heavy atom. The molecule has 0 saturated carbocycles. The maximum atomic E-state index is 13.0. The van der Waals surface area contributed by atoms with Gasteiger partial charge in [0.1, 0.15) is 5.82 Å². The molecule has 2 aromatic rings. The molecule has 5 heteroatoms. The van der Waals surface area contributed by atoms with E-state index in [1.54, 1.807) is 6.07 Å². The summed E-state index contributed by atoms with van der Waals surface area (Å²) in [6.45, 7) is 4.79. The smallest absolute Gasteiger partial charge is 0.124 e. The van der Waals surface area contributed by atoms with Crippen LogP contribution in [0.15, 0.2) is 18.2 Å². The lowest BCUT2D eigenvalue weighted by Gasteiger charge is -2.08. The molecule has 0 amide bonds. The fourth-order valence-electron chi connectivity index (χ4n) is 2.04. The van der Waals surface area contributed by atoms with Crippen LogP contribution in [0.25, 0.3) is 0 Å². The highest BCUT2D eigenvalue weighted by Gasteiger charge is 2.14. The van der Waals surface area contributed by atoms with E-state index in [1.165, 1.54) is 21.4 Å². The molecule has 0 aliphatic carbocycles. The Hall–Kier alpha value is -0.620. The summed E-state index contributed by atoms with van der Waals surface area (Å²) in [7, 11) is 0. The monoisotopic (exact) mass is 392 g/mol. The summed E-state index contributed by atoms with van der Waals surface area (Å²) in [5, 5.41) is 5.06. The predicted octanol–water partition coefficient (Wildman–Crippen LogP) is 4.45. The lowest BCUT2D eigenvalue weighted by atomic mass is 10.2. The molecule has 0 N–H and O–H groups in total. The lowest BCUT2D eigenvalue weighted by Crippen LogP contribution is -2.07. The first-order chi connectivity index (χ1) is 9.06. The highest BCUT2D eigenvalue weighted by molar-refractivity contribution is 14.1. The van der Waals surface area contributed by atoms with Gasteiger partial charge in [0.15, 0.2) is 0 Å². The molecule has 0 atom stereocenters. The van der Waals surface area contributed by atoms with Crippen molar-refractivity contribution < 1.29 is 4.39 Å². The van der Waals surface area contributed by atoms with E-state index in [9.17, 15) is 4.39 Å². The highest BCUT2D eigenvalue weighted by atomic mass is 127. The molecular formula is C14H15ClFIN2. The fraction of sp³-hybridized carbons (Fsp3) is 0.357. The molecule has 0 aliphatic rings. The Kier molecular flexibility index (Phi) is 4.84. The molecule has 0 bridgehead atoms. The predicted molar refractivity (Wildman–Crippen MR) is 84.2 cm³/mol. The van der Waals surface area contributed by atoms with Crippen LogP contribution in [0.4, 0.5) is 4.39 Å². The number of nitrogens with zero attached hydrogens (tertiary/aromatic N) is 2. The minimum atomic E-state index is -0.311. The van der Waals surface area contributed by atoms with Crippen LogP contribution in [0.5, 0.6) is 0 Å². The van der Waals surface area contributed by atoms with Gasteiger partial charge < -0.3 is 0 Å². The molecule has 0 saturated heterocycles. The van der Waals surface area contributed by atoms with Crippen molar-refractivity contribution in [1.82, 2.24) is 9.78 Å². The summed E-state index contributed by atoms with van der Waals surface area (Å²) in [6.07, 6.45) is 1.83. The zero-order valence-electron chi connectivity index (χ0n) is 10.9. The van der Waals surface area contributed by atoms with Crippen LogP contribution in [-0.2, 0) is 19.4 Å². The molecule has 0 radical (unpaired) electrons.